The molecular weight excluding hydrogens is 432 g/mol. The second-order valence-electron chi connectivity index (χ2n) is 9.01. The number of imide groups is 1. The van der Waals surface area contributed by atoms with Gasteiger partial charge in [-0.05, 0) is 55.2 Å². The minimum atomic E-state index is -1.23. The average molecular weight is 463 g/mol. The summed E-state index contributed by atoms with van der Waals surface area (Å²) >= 11 is 0. The van der Waals surface area contributed by atoms with Gasteiger partial charge in [0.25, 0.3) is 0 Å². The van der Waals surface area contributed by atoms with Crippen molar-refractivity contribution in [1.82, 2.24) is 20.2 Å². The number of aromatic amines is 1. The Morgan fingerprint density at radius 2 is 1.88 bits per heavy atom. The Morgan fingerprint density at radius 1 is 1.15 bits per heavy atom. The molecule has 0 radical (unpaired) electrons. The fourth-order valence-corrected chi connectivity index (χ4v) is 4.69. The van der Waals surface area contributed by atoms with E-state index in [0.717, 1.165) is 27.7 Å². The van der Waals surface area contributed by atoms with Crippen molar-refractivity contribution in [1.29, 1.82) is 0 Å². The lowest BCUT2D eigenvalue weighted by Crippen LogP contribution is -2.43. The monoisotopic (exact) mass is 462 g/mol. The molecule has 8 heteroatoms. The number of nitrogens with one attached hydrogen (secondary N) is 2. The van der Waals surface area contributed by atoms with E-state index in [1.54, 1.807) is 0 Å². The Kier molecular flexibility index (Phi) is 6.52. The molecule has 4 rings (SSSR count). The summed E-state index contributed by atoms with van der Waals surface area (Å²) in [5.74, 6) is -0.325. The highest BCUT2D eigenvalue weighted by Crippen LogP contribution is 2.41. The summed E-state index contributed by atoms with van der Waals surface area (Å²) in [7, 11) is 1.52. The number of ether oxygens (including phenoxy) is 1. The minimum absolute atomic E-state index is 0.0446. The number of nitrogens with zero attached hydrogens (tertiary/aromatic N) is 2. The van der Waals surface area contributed by atoms with E-state index < -0.39 is 5.41 Å². The van der Waals surface area contributed by atoms with Gasteiger partial charge in [-0.15, -0.1) is 0 Å². The Hall–Kier alpha value is -3.52. The van der Waals surface area contributed by atoms with Crippen LogP contribution in [0.5, 0.6) is 0 Å². The third kappa shape index (κ3) is 4.33. The topological polar surface area (TPSA) is 104 Å². The van der Waals surface area contributed by atoms with Crippen LogP contribution in [-0.2, 0) is 31.1 Å². The van der Waals surface area contributed by atoms with Gasteiger partial charge in [0.05, 0.1) is 36.1 Å². The Labute approximate surface area is 198 Å². The number of hydrogen-bond acceptors (Lipinski definition) is 5. The number of benzene rings is 2. The molecule has 2 aromatic carbocycles. The lowest BCUT2D eigenvalue weighted by atomic mass is 9.74. The highest BCUT2D eigenvalue weighted by atomic mass is 16.5. The summed E-state index contributed by atoms with van der Waals surface area (Å²) in [5.41, 5.74) is 4.41. The molecule has 3 amide bonds. The van der Waals surface area contributed by atoms with Crippen LogP contribution in [0.25, 0.3) is 11.0 Å². The van der Waals surface area contributed by atoms with Gasteiger partial charge in [-0.1, -0.05) is 24.3 Å². The largest absolute Gasteiger partial charge is 0.383 e. The van der Waals surface area contributed by atoms with E-state index in [1.807, 2.05) is 57.2 Å². The molecule has 1 atom stereocenters. The second kappa shape index (κ2) is 9.38. The molecular formula is C26H30N4O4. The average Bonchev–Trinajstić information content (AvgIpc) is 3.29. The molecule has 1 aliphatic heterocycles. The summed E-state index contributed by atoms with van der Waals surface area (Å²) in [6.45, 7) is 6.58. The Balaban J connectivity index is 1.56. The molecule has 1 unspecified atom stereocenters. The zero-order valence-electron chi connectivity index (χ0n) is 20.0. The molecule has 1 saturated heterocycles. The maximum Gasteiger partial charge on any atom is 0.240 e. The number of rotatable bonds is 8. The minimum Gasteiger partial charge on any atom is -0.383 e. The summed E-state index contributed by atoms with van der Waals surface area (Å²) in [6.07, 6.45) is -0.165. The van der Waals surface area contributed by atoms with Crippen molar-refractivity contribution in [2.24, 2.45) is 0 Å². The molecule has 34 heavy (non-hydrogen) atoms. The summed E-state index contributed by atoms with van der Waals surface area (Å²) < 4.78 is 5.07. The summed E-state index contributed by atoms with van der Waals surface area (Å²) in [6, 6.07) is 11.5. The quantitative estimate of drug-likeness (QED) is 0.501. The number of amides is 3. The zero-order chi connectivity index (χ0) is 24.5. The van der Waals surface area contributed by atoms with E-state index in [2.05, 4.69) is 15.3 Å². The van der Waals surface area contributed by atoms with E-state index in [9.17, 15) is 14.4 Å². The standard InChI is InChI=1S/C26H30N4O4/c1-16-7-5-6-8-19(16)26(14-24(32)30(25(26)33)9-10-34-4)13-23(31)27-15-22-28-20-11-17(2)18(3)12-21(20)29-22/h5-8,11-12H,9-10,13-15H2,1-4H3,(H,27,31)(H,28,29). The van der Waals surface area contributed by atoms with Crippen molar-refractivity contribution < 1.29 is 19.1 Å². The molecule has 8 nitrogen and oxygen atoms in total. The van der Waals surface area contributed by atoms with Gasteiger partial charge in [0.15, 0.2) is 0 Å². The number of carbonyl (C=O) groups is 3. The molecule has 0 spiro atoms. The SMILES string of the molecule is COCCN1C(=O)CC(CC(=O)NCc2nc3cc(C)c(C)cc3[nH]2)(c2ccccc2C)C1=O. The number of likely N-dealkylation sites (tertiary alicyclic amines) is 1. The van der Waals surface area contributed by atoms with Gasteiger partial charge in [-0.3, -0.25) is 19.3 Å². The van der Waals surface area contributed by atoms with Gasteiger partial charge in [0, 0.05) is 20.0 Å². The number of fused-ring (bicyclic) bond motifs is 1. The summed E-state index contributed by atoms with van der Waals surface area (Å²) in [4.78, 5) is 48.5. The van der Waals surface area contributed by atoms with E-state index in [1.165, 1.54) is 12.0 Å². The summed E-state index contributed by atoms with van der Waals surface area (Å²) in [5, 5.41) is 2.88. The lowest BCUT2D eigenvalue weighted by molar-refractivity contribution is -0.141. The van der Waals surface area contributed by atoms with Crippen LogP contribution in [0, 0.1) is 20.8 Å². The Morgan fingerprint density at radius 3 is 2.62 bits per heavy atom. The van der Waals surface area contributed by atoms with Crippen molar-refractivity contribution in [3.63, 3.8) is 0 Å². The fourth-order valence-electron chi connectivity index (χ4n) is 4.69. The first-order valence-electron chi connectivity index (χ1n) is 11.4. The Bertz CT molecular complexity index is 1230. The van der Waals surface area contributed by atoms with Crippen molar-refractivity contribution in [3.8, 4) is 0 Å². The van der Waals surface area contributed by atoms with Crippen molar-refractivity contribution in [2.45, 2.75) is 45.6 Å². The first kappa shape index (κ1) is 23.6. The third-order valence-corrected chi connectivity index (χ3v) is 6.65. The van der Waals surface area contributed by atoms with Gasteiger partial charge < -0.3 is 15.0 Å². The highest BCUT2D eigenvalue weighted by Gasteiger charge is 2.54. The first-order valence-corrected chi connectivity index (χ1v) is 11.4. The predicted molar refractivity (Wildman–Crippen MR) is 128 cm³/mol. The van der Waals surface area contributed by atoms with Gasteiger partial charge in [0.1, 0.15) is 5.82 Å². The molecule has 178 valence electrons. The number of hydrogen-bond donors (Lipinski definition) is 2. The molecule has 0 bridgehead atoms. The van der Waals surface area contributed by atoms with Gasteiger partial charge in [-0.25, -0.2) is 4.98 Å². The number of carbonyl (C=O) groups excluding carboxylic acids is 3. The van der Waals surface area contributed by atoms with Crippen LogP contribution in [0.1, 0.15) is 40.9 Å². The van der Waals surface area contributed by atoms with Crippen molar-refractivity contribution in [3.05, 3.63) is 64.5 Å². The molecule has 1 aliphatic rings. The molecule has 1 fully saturated rings. The molecule has 2 N–H and O–H groups in total. The number of aromatic nitrogens is 2. The fraction of sp³-hybridized carbons (Fsp3) is 0.385. The van der Waals surface area contributed by atoms with Crippen LogP contribution >= 0.6 is 0 Å². The number of methoxy groups -OCH3 is 1. The van der Waals surface area contributed by atoms with Crippen LogP contribution in [0.4, 0.5) is 0 Å². The van der Waals surface area contributed by atoms with Crippen molar-refractivity contribution in [2.75, 3.05) is 20.3 Å². The molecule has 1 aromatic heterocycles. The number of H-pyrrole nitrogens is 1. The van der Waals surface area contributed by atoms with Crippen LogP contribution in [0.3, 0.4) is 0 Å². The van der Waals surface area contributed by atoms with Gasteiger partial charge in [0.2, 0.25) is 17.7 Å². The van der Waals surface area contributed by atoms with Gasteiger partial charge in [-0.2, -0.15) is 0 Å². The van der Waals surface area contributed by atoms with Crippen LogP contribution < -0.4 is 5.32 Å². The molecule has 0 aliphatic carbocycles. The molecule has 3 aromatic rings. The van der Waals surface area contributed by atoms with Crippen LogP contribution in [0.15, 0.2) is 36.4 Å². The van der Waals surface area contributed by atoms with E-state index in [4.69, 9.17) is 4.74 Å². The van der Waals surface area contributed by atoms with E-state index in [0.29, 0.717) is 11.4 Å². The first-order chi connectivity index (χ1) is 16.2. The smallest absolute Gasteiger partial charge is 0.240 e. The van der Waals surface area contributed by atoms with E-state index >= 15 is 0 Å². The number of aryl methyl sites for hydroxylation is 3. The van der Waals surface area contributed by atoms with Crippen molar-refractivity contribution >= 4 is 28.8 Å². The number of imidazole rings is 1. The normalized spacial score (nSPS) is 18.2. The maximum atomic E-state index is 13.5. The zero-order valence-corrected chi connectivity index (χ0v) is 20.0. The molecule has 2 heterocycles. The van der Waals surface area contributed by atoms with Gasteiger partial charge >= 0.3 is 0 Å². The maximum absolute atomic E-state index is 13.5. The van der Waals surface area contributed by atoms with Crippen LogP contribution in [0.2, 0.25) is 0 Å². The highest BCUT2D eigenvalue weighted by molar-refractivity contribution is 6.11. The lowest BCUT2D eigenvalue weighted by Gasteiger charge is -2.28. The van der Waals surface area contributed by atoms with Crippen LogP contribution in [-0.4, -0.2) is 52.9 Å². The molecule has 0 saturated carbocycles. The second-order valence-corrected chi connectivity index (χ2v) is 9.01. The predicted octanol–water partition coefficient (Wildman–Crippen LogP) is 2.84. The van der Waals surface area contributed by atoms with E-state index in [-0.39, 0.29) is 50.3 Å². The third-order valence-electron chi connectivity index (χ3n) is 6.65.